The lowest BCUT2D eigenvalue weighted by Gasteiger charge is -2.38. The Morgan fingerprint density at radius 2 is 1.76 bits per heavy atom. The predicted molar refractivity (Wildman–Crippen MR) is 79.7 cm³/mol. The van der Waals surface area contributed by atoms with Gasteiger partial charge in [0.15, 0.2) is 23.3 Å². The summed E-state index contributed by atoms with van der Waals surface area (Å²) in [5.41, 5.74) is 0. The number of rotatable bonds is 3. The minimum absolute atomic E-state index is 0.102. The fraction of sp³-hybridized carbons (Fsp3) is 0.667. The van der Waals surface area contributed by atoms with Gasteiger partial charge in [-0.1, -0.05) is 12.8 Å². The van der Waals surface area contributed by atoms with Gasteiger partial charge in [0.1, 0.15) is 0 Å². The molecule has 21 heavy (non-hydrogen) atoms. The topological polar surface area (TPSA) is 31.4 Å². The van der Waals surface area contributed by atoms with Gasteiger partial charge in [0, 0.05) is 45.3 Å². The summed E-state index contributed by atoms with van der Waals surface area (Å²) in [4.78, 5) is 8.50. The minimum Gasteiger partial charge on any atom is -0.371 e. The monoisotopic (exact) mass is 296 g/mol. The molecule has 1 saturated heterocycles. The van der Waals surface area contributed by atoms with E-state index in [0.717, 1.165) is 32.2 Å². The summed E-state index contributed by atoms with van der Waals surface area (Å²) in [6.07, 6.45) is 5.22. The number of nitrogens with one attached hydrogen (secondary N) is 1. The second-order valence-electron chi connectivity index (χ2n) is 5.84. The van der Waals surface area contributed by atoms with Crippen molar-refractivity contribution < 1.29 is 8.78 Å². The number of nitrogens with zero attached hydrogens (tertiary/aromatic N) is 3. The van der Waals surface area contributed by atoms with E-state index in [2.05, 4.69) is 15.2 Å². The third-order valence-corrected chi connectivity index (χ3v) is 4.60. The van der Waals surface area contributed by atoms with Crippen LogP contribution >= 0.6 is 0 Å². The summed E-state index contributed by atoms with van der Waals surface area (Å²) in [7, 11) is 1.59. The van der Waals surface area contributed by atoms with Crippen molar-refractivity contribution in [2.45, 2.75) is 31.7 Å². The van der Waals surface area contributed by atoms with Crippen LogP contribution in [0, 0.1) is 11.6 Å². The first-order valence-corrected chi connectivity index (χ1v) is 7.72. The maximum absolute atomic E-state index is 14.0. The minimum atomic E-state index is -0.650. The van der Waals surface area contributed by atoms with Crippen molar-refractivity contribution in [3.05, 3.63) is 17.7 Å². The zero-order chi connectivity index (χ0) is 14.8. The average Bonchev–Trinajstić information content (AvgIpc) is 3.02. The van der Waals surface area contributed by atoms with Crippen LogP contribution in [-0.4, -0.2) is 49.2 Å². The smallest absolute Gasteiger partial charge is 0.168 e. The van der Waals surface area contributed by atoms with Crippen molar-refractivity contribution in [2.24, 2.45) is 0 Å². The molecule has 4 nitrogen and oxygen atoms in total. The molecule has 1 aliphatic heterocycles. The number of anilines is 2. The molecular formula is C15H22F2N4. The van der Waals surface area contributed by atoms with E-state index in [1.165, 1.54) is 25.7 Å². The SMILES string of the molecule is CNc1nc(N2CCN(C3CCCC3)CC2)c(F)cc1F. The van der Waals surface area contributed by atoms with Crippen molar-refractivity contribution in [2.75, 3.05) is 43.4 Å². The van der Waals surface area contributed by atoms with Crippen molar-refractivity contribution in [3.63, 3.8) is 0 Å². The molecule has 0 spiro atoms. The number of hydrogen-bond donors (Lipinski definition) is 1. The lowest BCUT2D eigenvalue weighted by atomic mass is 10.2. The summed E-state index contributed by atoms with van der Waals surface area (Å²) in [6.45, 7) is 3.35. The number of hydrogen-bond acceptors (Lipinski definition) is 4. The fourth-order valence-electron chi connectivity index (χ4n) is 3.42. The zero-order valence-corrected chi connectivity index (χ0v) is 12.4. The van der Waals surface area contributed by atoms with Crippen LogP contribution in [0.4, 0.5) is 20.4 Å². The summed E-state index contributed by atoms with van der Waals surface area (Å²) in [5, 5.41) is 2.67. The van der Waals surface area contributed by atoms with Crippen molar-refractivity contribution in [1.82, 2.24) is 9.88 Å². The van der Waals surface area contributed by atoms with E-state index in [1.807, 2.05) is 4.90 Å². The molecule has 1 aromatic heterocycles. The maximum atomic E-state index is 14.0. The van der Waals surface area contributed by atoms with Gasteiger partial charge in [-0.2, -0.15) is 0 Å². The lowest BCUT2D eigenvalue weighted by molar-refractivity contribution is 0.187. The molecule has 2 heterocycles. The van der Waals surface area contributed by atoms with Crippen LogP contribution < -0.4 is 10.2 Å². The van der Waals surface area contributed by atoms with Crippen molar-refractivity contribution in [3.8, 4) is 0 Å². The first kappa shape index (κ1) is 14.5. The predicted octanol–water partition coefficient (Wildman–Crippen LogP) is 2.47. The Bertz CT molecular complexity index is 495. The van der Waals surface area contributed by atoms with Crippen LogP contribution in [0.2, 0.25) is 0 Å². The molecule has 116 valence electrons. The Morgan fingerprint density at radius 3 is 2.38 bits per heavy atom. The molecule has 1 saturated carbocycles. The highest BCUT2D eigenvalue weighted by Crippen LogP contribution is 2.27. The van der Waals surface area contributed by atoms with Crippen molar-refractivity contribution >= 4 is 11.6 Å². The fourth-order valence-corrected chi connectivity index (χ4v) is 3.42. The van der Waals surface area contributed by atoms with Gasteiger partial charge in [-0.05, 0) is 12.8 Å². The van der Waals surface area contributed by atoms with Crippen LogP contribution in [0.25, 0.3) is 0 Å². The summed E-state index contributed by atoms with van der Waals surface area (Å²) in [5.74, 6) is -0.874. The average molecular weight is 296 g/mol. The Labute approximate surface area is 124 Å². The van der Waals surface area contributed by atoms with Gasteiger partial charge in [-0.3, -0.25) is 4.90 Å². The first-order valence-electron chi connectivity index (χ1n) is 7.72. The number of aromatic nitrogens is 1. The van der Waals surface area contributed by atoms with E-state index in [1.54, 1.807) is 7.05 Å². The zero-order valence-electron chi connectivity index (χ0n) is 12.4. The van der Waals surface area contributed by atoms with E-state index in [9.17, 15) is 8.78 Å². The third-order valence-electron chi connectivity index (χ3n) is 4.60. The van der Waals surface area contributed by atoms with E-state index < -0.39 is 11.6 Å². The first-order chi connectivity index (χ1) is 10.2. The molecule has 0 aromatic carbocycles. The molecule has 0 atom stereocenters. The van der Waals surface area contributed by atoms with Gasteiger partial charge >= 0.3 is 0 Å². The molecule has 0 radical (unpaired) electrons. The molecule has 1 N–H and O–H groups in total. The summed E-state index contributed by atoms with van der Waals surface area (Å²) in [6, 6.07) is 1.61. The Balaban J connectivity index is 1.69. The maximum Gasteiger partial charge on any atom is 0.168 e. The van der Waals surface area contributed by atoms with Crippen LogP contribution in [0.1, 0.15) is 25.7 Å². The second-order valence-corrected chi connectivity index (χ2v) is 5.84. The van der Waals surface area contributed by atoms with Crippen molar-refractivity contribution in [1.29, 1.82) is 0 Å². The van der Waals surface area contributed by atoms with E-state index in [0.29, 0.717) is 6.04 Å². The van der Waals surface area contributed by atoms with Crippen LogP contribution in [0.15, 0.2) is 6.07 Å². The van der Waals surface area contributed by atoms with Gasteiger partial charge in [0.2, 0.25) is 0 Å². The van der Waals surface area contributed by atoms with Crippen LogP contribution in [-0.2, 0) is 0 Å². The number of halogens is 2. The van der Waals surface area contributed by atoms with E-state index in [-0.39, 0.29) is 11.6 Å². The van der Waals surface area contributed by atoms with E-state index in [4.69, 9.17) is 0 Å². The number of pyridine rings is 1. The Kier molecular flexibility index (Phi) is 4.24. The van der Waals surface area contributed by atoms with Gasteiger partial charge in [-0.25, -0.2) is 13.8 Å². The second kappa shape index (κ2) is 6.13. The largest absolute Gasteiger partial charge is 0.371 e. The normalized spacial score (nSPS) is 21.0. The third kappa shape index (κ3) is 2.95. The van der Waals surface area contributed by atoms with Gasteiger partial charge < -0.3 is 10.2 Å². The summed E-state index contributed by atoms with van der Waals surface area (Å²) < 4.78 is 27.4. The highest BCUT2D eigenvalue weighted by atomic mass is 19.1. The van der Waals surface area contributed by atoms with Gasteiger partial charge in [0.05, 0.1) is 0 Å². The van der Waals surface area contributed by atoms with Gasteiger partial charge in [-0.15, -0.1) is 0 Å². The highest BCUT2D eigenvalue weighted by molar-refractivity contribution is 5.49. The molecular weight excluding hydrogens is 274 g/mol. The molecule has 0 amide bonds. The molecule has 2 fully saturated rings. The Morgan fingerprint density at radius 1 is 1.10 bits per heavy atom. The highest BCUT2D eigenvalue weighted by Gasteiger charge is 2.27. The molecule has 6 heteroatoms. The van der Waals surface area contributed by atoms with Gasteiger partial charge in [0.25, 0.3) is 0 Å². The number of piperazine rings is 1. The quantitative estimate of drug-likeness (QED) is 0.928. The molecule has 2 aliphatic rings. The summed E-state index contributed by atoms with van der Waals surface area (Å²) >= 11 is 0. The molecule has 0 bridgehead atoms. The van der Waals surface area contributed by atoms with Crippen LogP contribution in [0.3, 0.4) is 0 Å². The molecule has 3 rings (SSSR count). The van der Waals surface area contributed by atoms with Crippen LogP contribution in [0.5, 0.6) is 0 Å². The molecule has 1 aromatic rings. The lowest BCUT2D eigenvalue weighted by Crippen LogP contribution is -2.50. The standard InChI is InChI=1S/C15H22F2N4/c1-18-14-12(16)10-13(17)15(19-14)21-8-6-20(7-9-21)11-4-2-3-5-11/h10-11H,2-9H2,1H3,(H,18,19). The molecule has 0 unspecified atom stereocenters. The Hall–Kier alpha value is -1.43. The molecule has 1 aliphatic carbocycles. The van der Waals surface area contributed by atoms with E-state index >= 15 is 0 Å².